The monoisotopic (exact) mass is 294 g/mol. The van der Waals surface area contributed by atoms with Crippen LogP contribution in [-0.4, -0.2) is 25.0 Å². The van der Waals surface area contributed by atoms with E-state index in [0.29, 0.717) is 10.6 Å². The van der Waals surface area contributed by atoms with Crippen LogP contribution >= 0.6 is 11.8 Å². The van der Waals surface area contributed by atoms with Crippen LogP contribution in [0.3, 0.4) is 0 Å². The molecule has 1 N–H and O–H groups in total. The van der Waals surface area contributed by atoms with Gasteiger partial charge in [-0.1, -0.05) is 18.2 Å². The summed E-state index contributed by atoms with van der Waals surface area (Å²) in [6, 6.07) is 15.2. The first-order valence-corrected chi connectivity index (χ1v) is 8.41. The Balaban J connectivity index is 1.94. The van der Waals surface area contributed by atoms with Crippen molar-refractivity contribution in [2.75, 3.05) is 11.5 Å². The van der Waals surface area contributed by atoms with E-state index in [2.05, 4.69) is 0 Å². The molecule has 0 radical (unpaired) electrons. The molecule has 5 heteroatoms. The molecular formula is C14H14O3S2. The quantitative estimate of drug-likeness (QED) is 0.861. The predicted molar refractivity (Wildman–Crippen MR) is 77.3 cm³/mol. The van der Waals surface area contributed by atoms with Crippen molar-refractivity contribution in [3.63, 3.8) is 0 Å². The smallest absolute Gasteiger partial charge is 0.179 e. The molecule has 0 aliphatic carbocycles. The van der Waals surface area contributed by atoms with Crippen molar-refractivity contribution in [2.45, 2.75) is 9.79 Å². The molecule has 2 rings (SSSR count). The molecule has 0 aromatic heterocycles. The molecule has 0 amide bonds. The molecule has 0 bridgehead atoms. The molecule has 2 aromatic rings. The highest BCUT2D eigenvalue weighted by atomic mass is 32.2. The number of rotatable bonds is 5. The number of hydrogen-bond acceptors (Lipinski definition) is 4. The largest absolute Gasteiger partial charge is 0.508 e. The minimum atomic E-state index is -3.21. The van der Waals surface area contributed by atoms with Crippen molar-refractivity contribution in [2.24, 2.45) is 0 Å². The number of sulfone groups is 1. The summed E-state index contributed by atoms with van der Waals surface area (Å²) in [5.74, 6) is 0.797. The Morgan fingerprint density at radius 1 is 0.947 bits per heavy atom. The van der Waals surface area contributed by atoms with Crippen molar-refractivity contribution in [3.05, 3.63) is 54.6 Å². The summed E-state index contributed by atoms with van der Waals surface area (Å²) < 4.78 is 24.0. The molecule has 0 heterocycles. The van der Waals surface area contributed by atoms with Crippen LogP contribution in [0.2, 0.25) is 0 Å². The summed E-state index contributed by atoms with van der Waals surface area (Å²) in [5.41, 5.74) is 0. The van der Waals surface area contributed by atoms with Crippen LogP contribution in [0, 0.1) is 0 Å². The van der Waals surface area contributed by atoms with Crippen molar-refractivity contribution in [3.8, 4) is 5.75 Å². The Hall–Kier alpha value is -1.46. The lowest BCUT2D eigenvalue weighted by molar-refractivity contribution is 0.475. The van der Waals surface area contributed by atoms with Crippen LogP contribution < -0.4 is 0 Å². The first kappa shape index (κ1) is 14.0. The van der Waals surface area contributed by atoms with E-state index in [0.717, 1.165) is 4.90 Å². The fourth-order valence-electron chi connectivity index (χ4n) is 1.56. The van der Waals surface area contributed by atoms with Gasteiger partial charge in [0.15, 0.2) is 9.84 Å². The summed E-state index contributed by atoms with van der Waals surface area (Å²) in [4.78, 5) is 1.31. The molecule has 0 aliphatic heterocycles. The van der Waals surface area contributed by atoms with Gasteiger partial charge in [0.2, 0.25) is 0 Å². The zero-order valence-corrected chi connectivity index (χ0v) is 11.8. The van der Waals surface area contributed by atoms with Crippen LogP contribution in [0.1, 0.15) is 0 Å². The lowest BCUT2D eigenvalue weighted by atomic mass is 10.3. The van der Waals surface area contributed by atoms with Gasteiger partial charge >= 0.3 is 0 Å². The van der Waals surface area contributed by atoms with E-state index in [-0.39, 0.29) is 11.5 Å². The van der Waals surface area contributed by atoms with E-state index in [1.165, 1.54) is 11.8 Å². The molecule has 0 saturated carbocycles. The maximum Gasteiger partial charge on any atom is 0.179 e. The Kier molecular flexibility index (Phi) is 4.50. The minimum absolute atomic E-state index is 0.0998. The summed E-state index contributed by atoms with van der Waals surface area (Å²) in [6.45, 7) is 0. The molecule has 0 unspecified atom stereocenters. The highest BCUT2D eigenvalue weighted by Crippen LogP contribution is 2.22. The van der Waals surface area contributed by atoms with Gasteiger partial charge in [-0.3, -0.25) is 0 Å². The second-order valence-corrected chi connectivity index (χ2v) is 7.25. The zero-order chi connectivity index (χ0) is 13.7. The lowest BCUT2D eigenvalue weighted by Gasteiger charge is -2.04. The predicted octanol–water partition coefficient (Wildman–Crippen LogP) is 2.96. The molecule has 0 aliphatic rings. The van der Waals surface area contributed by atoms with E-state index in [9.17, 15) is 8.42 Å². The third-order valence-electron chi connectivity index (χ3n) is 2.56. The van der Waals surface area contributed by atoms with Crippen LogP contribution in [0.25, 0.3) is 0 Å². The van der Waals surface area contributed by atoms with Crippen molar-refractivity contribution >= 4 is 21.6 Å². The SMILES string of the molecule is O=S(=O)(CCSc1ccc(O)cc1)c1ccccc1. The van der Waals surface area contributed by atoms with Crippen molar-refractivity contribution in [1.29, 1.82) is 0 Å². The van der Waals surface area contributed by atoms with Gasteiger partial charge in [-0.05, 0) is 36.4 Å². The number of phenols is 1. The second-order valence-electron chi connectivity index (χ2n) is 3.97. The number of phenolic OH excluding ortho intramolecular Hbond substituents is 1. The molecule has 0 saturated heterocycles. The molecule has 19 heavy (non-hydrogen) atoms. The Bertz CT molecular complexity index is 620. The van der Waals surface area contributed by atoms with E-state index in [1.807, 2.05) is 0 Å². The molecular weight excluding hydrogens is 280 g/mol. The van der Waals surface area contributed by atoms with Gasteiger partial charge in [-0.15, -0.1) is 11.8 Å². The number of benzene rings is 2. The molecule has 2 aromatic carbocycles. The average molecular weight is 294 g/mol. The summed E-state index contributed by atoms with van der Waals surface area (Å²) in [5, 5.41) is 9.15. The fraction of sp³-hybridized carbons (Fsp3) is 0.143. The van der Waals surface area contributed by atoms with E-state index in [1.54, 1.807) is 54.6 Å². The van der Waals surface area contributed by atoms with Gasteiger partial charge in [0, 0.05) is 10.6 Å². The van der Waals surface area contributed by atoms with Gasteiger partial charge in [0.05, 0.1) is 10.6 Å². The van der Waals surface area contributed by atoms with E-state index in [4.69, 9.17) is 5.11 Å². The second kappa shape index (κ2) is 6.12. The normalized spacial score (nSPS) is 11.4. The standard InChI is InChI=1S/C14H14O3S2/c15-12-6-8-13(9-7-12)18-10-11-19(16,17)14-4-2-1-3-5-14/h1-9,15H,10-11H2. The lowest BCUT2D eigenvalue weighted by Crippen LogP contribution is -2.08. The van der Waals surface area contributed by atoms with Gasteiger partial charge in [-0.25, -0.2) is 8.42 Å². The highest BCUT2D eigenvalue weighted by molar-refractivity contribution is 8.00. The molecule has 0 spiro atoms. The summed E-state index contributed by atoms with van der Waals surface area (Å²) >= 11 is 1.46. The van der Waals surface area contributed by atoms with Gasteiger partial charge < -0.3 is 5.11 Å². The topological polar surface area (TPSA) is 54.4 Å². The highest BCUT2D eigenvalue weighted by Gasteiger charge is 2.13. The molecule has 3 nitrogen and oxygen atoms in total. The minimum Gasteiger partial charge on any atom is -0.508 e. The van der Waals surface area contributed by atoms with Gasteiger partial charge in [-0.2, -0.15) is 0 Å². The maximum absolute atomic E-state index is 12.0. The summed E-state index contributed by atoms with van der Waals surface area (Å²) in [6.07, 6.45) is 0. The first-order valence-electron chi connectivity index (χ1n) is 5.77. The van der Waals surface area contributed by atoms with Gasteiger partial charge in [0.1, 0.15) is 5.75 Å². The third kappa shape index (κ3) is 4.01. The van der Waals surface area contributed by atoms with E-state index >= 15 is 0 Å². The molecule has 100 valence electrons. The maximum atomic E-state index is 12.0. The zero-order valence-electron chi connectivity index (χ0n) is 10.2. The van der Waals surface area contributed by atoms with Crippen LogP contribution in [-0.2, 0) is 9.84 Å². The van der Waals surface area contributed by atoms with Gasteiger partial charge in [0.25, 0.3) is 0 Å². The fourth-order valence-corrected chi connectivity index (χ4v) is 4.14. The first-order chi connectivity index (χ1) is 9.08. The number of hydrogen-bond donors (Lipinski definition) is 1. The number of thioether (sulfide) groups is 1. The van der Waals surface area contributed by atoms with Crippen LogP contribution in [0.4, 0.5) is 0 Å². The average Bonchev–Trinajstić information content (AvgIpc) is 2.42. The van der Waals surface area contributed by atoms with Crippen molar-refractivity contribution in [1.82, 2.24) is 0 Å². The molecule has 0 fully saturated rings. The Morgan fingerprint density at radius 2 is 1.58 bits per heavy atom. The Morgan fingerprint density at radius 3 is 2.21 bits per heavy atom. The third-order valence-corrected chi connectivity index (χ3v) is 5.56. The van der Waals surface area contributed by atoms with Crippen molar-refractivity contribution < 1.29 is 13.5 Å². The van der Waals surface area contributed by atoms with Crippen LogP contribution in [0.15, 0.2) is 64.4 Å². The Labute approximate surface area is 117 Å². The summed E-state index contributed by atoms with van der Waals surface area (Å²) in [7, 11) is -3.21. The van der Waals surface area contributed by atoms with E-state index < -0.39 is 9.84 Å². The number of aromatic hydroxyl groups is 1. The molecule has 0 atom stereocenters. The van der Waals surface area contributed by atoms with Crippen LogP contribution in [0.5, 0.6) is 5.75 Å².